The Balaban J connectivity index is 1.63. The van der Waals surface area contributed by atoms with Gasteiger partial charge in [-0.2, -0.15) is 0 Å². The van der Waals surface area contributed by atoms with Crippen LogP contribution in [0.15, 0.2) is 87.2 Å². The number of benzene rings is 3. The number of H-pyrrole nitrogens is 1. The highest BCUT2D eigenvalue weighted by molar-refractivity contribution is 9.10. The maximum absolute atomic E-state index is 13.2. The van der Waals surface area contributed by atoms with Gasteiger partial charge in [-0.1, -0.05) is 70.2 Å². The molecule has 1 atom stereocenters. The summed E-state index contributed by atoms with van der Waals surface area (Å²) in [6.45, 7) is 0. The van der Waals surface area contributed by atoms with E-state index in [1.807, 2.05) is 54.6 Å². The van der Waals surface area contributed by atoms with Gasteiger partial charge in [-0.15, -0.1) is 0 Å². The average molecular weight is 494 g/mol. The van der Waals surface area contributed by atoms with E-state index in [4.69, 9.17) is 5.10 Å². The van der Waals surface area contributed by atoms with Crippen LogP contribution in [-0.2, 0) is 5.75 Å². The molecule has 1 aliphatic heterocycles. The highest BCUT2D eigenvalue weighted by Crippen LogP contribution is 2.35. The first kappa shape index (κ1) is 19.8. The molecule has 154 valence electrons. The van der Waals surface area contributed by atoms with Gasteiger partial charge in [0.25, 0.3) is 6.17 Å². The number of nitrogens with one attached hydrogen (secondary N) is 2. The number of nitrogens with zero attached hydrogens (tertiary/aromatic N) is 2. The number of halogens is 1. The number of fused-ring (bicyclic) bond motifs is 3. The molecule has 3 aromatic carbocycles. The Morgan fingerprint density at radius 1 is 1.06 bits per heavy atom. The van der Waals surface area contributed by atoms with Crippen LogP contribution in [0, 0.1) is 0 Å². The standard InChI is InChI=1S/C23H17BrN4O2S/c24-18-11-10-15(29)12-17(18)21-25-19-9-5-4-8-16(19)20-22(30)26-23(27-28(20)21)31-13-14-6-2-1-3-7-14/h1-12,21H,13H2,(H2,26,27,29,30)/p+1/t21-/m0/s1. The number of hydrogen-bond donors (Lipinski definition) is 3. The van der Waals surface area contributed by atoms with Gasteiger partial charge in [0.2, 0.25) is 5.16 Å². The minimum atomic E-state index is -0.468. The molecule has 1 aromatic heterocycles. The van der Waals surface area contributed by atoms with Gasteiger partial charge in [0.05, 0.1) is 16.8 Å². The van der Waals surface area contributed by atoms with Gasteiger partial charge in [0, 0.05) is 15.3 Å². The van der Waals surface area contributed by atoms with Crippen LogP contribution in [0.2, 0.25) is 0 Å². The van der Waals surface area contributed by atoms with E-state index in [2.05, 4.69) is 26.2 Å². The lowest BCUT2D eigenvalue weighted by molar-refractivity contribution is -0.759. The first-order valence-corrected chi connectivity index (χ1v) is 11.5. The number of aromatic hydroxyl groups is 1. The molecule has 0 saturated heterocycles. The second kappa shape index (κ2) is 8.20. The lowest BCUT2D eigenvalue weighted by Crippen LogP contribution is -2.55. The first-order valence-electron chi connectivity index (χ1n) is 9.67. The number of aromatic amines is 1. The molecule has 0 spiro atoms. The summed E-state index contributed by atoms with van der Waals surface area (Å²) in [7, 11) is 0. The van der Waals surface area contributed by atoms with Crippen molar-refractivity contribution in [1.29, 1.82) is 0 Å². The maximum atomic E-state index is 13.2. The van der Waals surface area contributed by atoms with Crippen LogP contribution in [0.5, 0.6) is 5.75 Å². The highest BCUT2D eigenvalue weighted by Gasteiger charge is 2.38. The van der Waals surface area contributed by atoms with Crippen molar-refractivity contribution >= 4 is 33.4 Å². The molecule has 4 aromatic rings. The predicted octanol–water partition coefficient (Wildman–Crippen LogP) is 4.46. The van der Waals surface area contributed by atoms with Crippen molar-refractivity contribution in [2.24, 2.45) is 0 Å². The van der Waals surface area contributed by atoms with Crippen LogP contribution in [0.4, 0.5) is 5.69 Å². The number of phenols is 1. The van der Waals surface area contributed by atoms with Crippen molar-refractivity contribution in [2.75, 3.05) is 5.32 Å². The maximum Gasteiger partial charge on any atom is 0.325 e. The third-order valence-corrected chi connectivity index (χ3v) is 6.73. The molecule has 5 rings (SSSR count). The topological polar surface area (TPSA) is 81.9 Å². The van der Waals surface area contributed by atoms with E-state index >= 15 is 0 Å². The van der Waals surface area contributed by atoms with Gasteiger partial charge in [0.15, 0.2) is 0 Å². The molecule has 6 nitrogen and oxygen atoms in total. The fourth-order valence-corrected chi connectivity index (χ4v) is 4.90. The number of aromatic nitrogens is 3. The first-order chi connectivity index (χ1) is 15.1. The fourth-order valence-electron chi connectivity index (χ4n) is 3.63. The van der Waals surface area contributed by atoms with Gasteiger partial charge >= 0.3 is 11.3 Å². The molecular weight excluding hydrogens is 476 g/mol. The largest absolute Gasteiger partial charge is 0.508 e. The predicted molar refractivity (Wildman–Crippen MR) is 124 cm³/mol. The number of rotatable bonds is 4. The highest BCUT2D eigenvalue weighted by atomic mass is 79.9. The zero-order valence-corrected chi connectivity index (χ0v) is 18.7. The quantitative estimate of drug-likeness (QED) is 0.289. The van der Waals surface area contributed by atoms with Gasteiger partial charge in [-0.25, -0.2) is 0 Å². The van der Waals surface area contributed by atoms with Crippen molar-refractivity contribution in [1.82, 2.24) is 10.1 Å². The SMILES string of the molecule is O=c1[nH]c(SCc2ccccc2)n[n+]2c1-c1ccccc1N[C@@H]2c1cc(O)ccc1Br. The van der Waals surface area contributed by atoms with Gasteiger partial charge < -0.3 is 10.4 Å². The van der Waals surface area contributed by atoms with Crippen molar-refractivity contribution < 1.29 is 9.79 Å². The van der Waals surface area contributed by atoms with E-state index in [9.17, 15) is 9.90 Å². The Morgan fingerprint density at radius 2 is 1.84 bits per heavy atom. The number of para-hydroxylation sites is 1. The molecule has 0 fully saturated rings. The van der Waals surface area contributed by atoms with E-state index in [1.54, 1.807) is 22.9 Å². The summed E-state index contributed by atoms with van der Waals surface area (Å²) in [5.74, 6) is 0.831. The van der Waals surface area contributed by atoms with E-state index < -0.39 is 6.17 Å². The summed E-state index contributed by atoms with van der Waals surface area (Å²) in [6, 6.07) is 22.8. The molecule has 2 heterocycles. The Morgan fingerprint density at radius 3 is 2.68 bits per heavy atom. The second-order valence-electron chi connectivity index (χ2n) is 7.13. The van der Waals surface area contributed by atoms with Gasteiger partial charge in [-0.3, -0.25) is 9.78 Å². The molecule has 0 bridgehead atoms. The number of thioether (sulfide) groups is 1. The number of phenolic OH excluding ortho intramolecular Hbond substituents is 1. The lowest BCUT2D eigenvalue weighted by Gasteiger charge is -2.23. The molecule has 0 saturated carbocycles. The summed E-state index contributed by atoms with van der Waals surface area (Å²) >= 11 is 5.04. The Labute approximate surface area is 191 Å². The van der Waals surface area contributed by atoms with Crippen LogP contribution in [-0.4, -0.2) is 15.2 Å². The normalized spacial score (nSPS) is 14.4. The van der Waals surface area contributed by atoms with Crippen molar-refractivity contribution in [3.05, 3.63) is 98.7 Å². The molecule has 0 aliphatic carbocycles. The third-order valence-electron chi connectivity index (χ3n) is 5.07. The Kier molecular flexibility index (Phi) is 5.25. The molecule has 1 aliphatic rings. The van der Waals surface area contributed by atoms with E-state index in [0.29, 0.717) is 16.6 Å². The minimum Gasteiger partial charge on any atom is -0.508 e. The minimum absolute atomic E-state index is 0.143. The van der Waals surface area contributed by atoms with Crippen molar-refractivity contribution in [2.45, 2.75) is 17.1 Å². The lowest BCUT2D eigenvalue weighted by atomic mass is 10.0. The molecule has 0 unspecified atom stereocenters. The summed E-state index contributed by atoms with van der Waals surface area (Å²) in [5.41, 5.74) is 3.80. The molecule has 8 heteroatoms. The van der Waals surface area contributed by atoms with E-state index in [0.717, 1.165) is 26.9 Å². The third kappa shape index (κ3) is 3.84. The summed E-state index contributed by atoms with van der Waals surface area (Å²) in [4.78, 5) is 16.1. The smallest absolute Gasteiger partial charge is 0.325 e. The molecule has 0 radical (unpaired) electrons. The van der Waals surface area contributed by atoms with E-state index in [1.165, 1.54) is 11.8 Å². The average Bonchev–Trinajstić information content (AvgIpc) is 2.79. The van der Waals surface area contributed by atoms with Crippen LogP contribution in [0.1, 0.15) is 17.3 Å². The molecule has 31 heavy (non-hydrogen) atoms. The van der Waals surface area contributed by atoms with Crippen LogP contribution in [0.25, 0.3) is 11.3 Å². The van der Waals surface area contributed by atoms with Crippen molar-refractivity contribution in [3.8, 4) is 17.0 Å². The Bertz CT molecular complexity index is 1330. The summed E-state index contributed by atoms with van der Waals surface area (Å²) in [5, 5.41) is 18.8. The van der Waals surface area contributed by atoms with Crippen LogP contribution < -0.4 is 15.6 Å². The zero-order chi connectivity index (χ0) is 21.4. The van der Waals surface area contributed by atoms with Gasteiger partial charge in [-0.05, 0) is 40.6 Å². The molecule has 0 amide bonds. The summed E-state index contributed by atoms with van der Waals surface area (Å²) in [6.07, 6.45) is -0.468. The number of anilines is 1. The molecular formula is C23H18BrN4O2S+. The monoisotopic (exact) mass is 493 g/mol. The van der Waals surface area contributed by atoms with Crippen molar-refractivity contribution in [3.63, 3.8) is 0 Å². The molecule has 3 N–H and O–H groups in total. The summed E-state index contributed by atoms with van der Waals surface area (Å²) < 4.78 is 2.51. The zero-order valence-electron chi connectivity index (χ0n) is 16.2. The van der Waals surface area contributed by atoms with E-state index in [-0.39, 0.29) is 11.3 Å². The second-order valence-corrected chi connectivity index (χ2v) is 8.94. The number of hydrogen-bond acceptors (Lipinski definition) is 5. The Hall–Kier alpha value is -3.10. The van der Waals surface area contributed by atoms with Gasteiger partial charge in [0.1, 0.15) is 5.75 Å². The fraction of sp³-hybridized carbons (Fsp3) is 0.0870. The van der Waals surface area contributed by atoms with Crippen LogP contribution >= 0.6 is 27.7 Å². The van der Waals surface area contributed by atoms with Crippen LogP contribution in [0.3, 0.4) is 0 Å².